The third kappa shape index (κ3) is 5.11. The number of hydrogen-bond donors (Lipinski definition) is 2. The average molecular weight is 268 g/mol. The lowest BCUT2D eigenvalue weighted by Gasteiger charge is -2.20. The number of ether oxygens (including phenoxy) is 1. The number of rotatable bonds is 5. The van der Waals surface area contributed by atoms with Crippen molar-refractivity contribution in [2.24, 2.45) is 17.6 Å². The quantitative estimate of drug-likeness (QED) is 0.576. The highest BCUT2D eigenvalue weighted by molar-refractivity contribution is 5.96. The molecule has 1 aliphatic rings. The van der Waals surface area contributed by atoms with E-state index in [4.69, 9.17) is 10.5 Å². The van der Waals surface area contributed by atoms with Crippen LogP contribution in [-0.2, 0) is 14.3 Å². The van der Waals surface area contributed by atoms with Gasteiger partial charge in [-0.3, -0.25) is 14.9 Å². The molecule has 0 aromatic heterocycles. The Bertz CT molecular complexity index is 390. The van der Waals surface area contributed by atoms with Gasteiger partial charge in [-0.05, 0) is 24.7 Å². The highest BCUT2D eigenvalue weighted by atomic mass is 16.5. The maximum Gasteiger partial charge on any atom is 0.318 e. The number of allylic oxidation sites excluding steroid dienone is 2. The van der Waals surface area contributed by atoms with Crippen LogP contribution in [0.3, 0.4) is 0 Å². The van der Waals surface area contributed by atoms with Crippen molar-refractivity contribution in [2.75, 3.05) is 0 Å². The monoisotopic (exact) mass is 268 g/mol. The molecule has 0 saturated heterocycles. The molecule has 1 aliphatic carbocycles. The molecular weight excluding hydrogens is 248 g/mol. The molecule has 0 bridgehead atoms. The van der Waals surface area contributed by atoms with Crippen LogP contribution in [0.25, 0.3) is 0 Å². The molecule has 0 radical (unpaired) electrons. The molecule has 0 fully saturated rings. The summed E-state index contributed by atoms with van der Waals surface area (Å²) in [4.78, 5) is 34.1. The molecule has 2 atom stereocenters. The maximum atomic E-state index is 11.8. The van der Waals surface area contributed by atoms with E-state index in [9.17, 15) is 14.4 Å². The van der Waals surface area contributed by atoms with Gasteiger partial charge in [-0.15, -0.1) is 0 Å². The van der Waals surface area contributed by atoms with Gasteiger partial charge in [0.25, 0.3) is 5.91 Å². The summed E-state index contributed by atoms with van der Waals surface area (Å²) in [7, 11) is 0. The molecular formula is C13H20N2O4. The lowest BCUT2D eigenvalue weighted by molar-refractivity contribution is -0.158. The standard InChI is InChI=1S/C13H20N2O4/c1-8(2)11(12(17)15-13(14)18)19-10(16)7-9-5-3-4-6-9/h3,5,8-9,11H,4,6-7H2,1-2H3,(H3,14,15,17,18)/t9-,11+/m0/s1. The summed E-state index contributed by atoms with van der Waals surface area (Å²) >= 11 is 0. The molecule has 3 amide bonds. The van der Waals surface area contributed by atoms with Gasteiger partial charge in [0.15, 0.2) is 6.10 Å². The first-order valence-corrected chi connectivity index (χ1v) is 6.36. The second-order valence-corrected chi connectivity index (χ2v) is 4.98. The van der Waals surface area contributed by atoms with Crippen molar-refractivity contribution in [3.63, 3.8) is 0 Å². The van der Waals surface area contributed by atoms with E-state index in [0.717, 1.165) is 12.8 Å². The number of amides is 3. The lowest BCUT2D eigenvalue weighted by atomic mass is 10.0. The van der Waals surface area contributed by atoms with Gasteiger partial charge in [0.1, 0.15) is 0 Å². The van der Waals surface area contributed by atoms with Crippen molar-refractivity contribution in [2.45, 2.75) is 39.2 Å². The SMILES string of the molecule is CC(C)[C@@H](OC(=O)C[C@H]1C=CCC1)C(=O)NC(N)=O. The number of carbonyl (C=O) groups is 3. The van der Waals surface area contributed by atoms with E-state index in [1.54, 1.807) is 13.8 Å². The Labute approximate surface area is 112 Å². The Morgan fingerprint density at radius 3 is 2.58 bits per heavy atom. The van der Waals surface area contributed by atoms with Crippen molar-refractivity contribution >= 4 is 17.9 Å². The molecule has 6 nitrogen and oxygen atoms in total. The van der Waals surface area contributed by atoms with E-state index < -0.39 is 24.0 Å². The van der Waals surface area contributed by atoms with Crippen LogP contribution in [0.1, 0.15) is 33.1 Å². The van der Waals surface area contributed by atoms with Crippen molar-refractivity contribution in [3.05, 3.63) is 12.2 Å². The van der Waals surface area contributed by atoms with Crippen LogP contribution in [0.15, 0.2) is 12.2 Å². The highest BCUT2D eigenvalue weighted by Gasteiger charge is 2.28. The van der Waals surface area contributed by atoms with Crippen molar-refractivity contribution in [1.82, 2.24) is 5.32 Å². The summed E-state index contributed by atoms with van der Waals surface area (Å²) in [5.74, 6) is -1.17. The number of primary amides is 1. The molecule has 19 heavy (non-hydrogen) atoms. The van der Waals surface area contributed by atoms with Gasteiger partial charge < -0.3 is 10.5 Å². The number of nitrogens with one attached hydrogen (secondary N) is 1. The van der Waals surface area contributed by atoms with E-state index >= 15 is 0 Å². The third-order valence-electron chi connectivity index (χ3n) is 2.91. The fourth-order valence-corrected chi connectivity index (χ4v) is 1.95. The molecule has 0 aromatic rings. The molecule has 0 saturated carbocycles. The summed E-state index contributed by atoms with van der Waals surface area (Å²) in [5.41, 5.74) is 4.87. The number of nitrogens with two attached hydrogens (primary N) is 1. The van der Waals surface area contributed by atoms with E-state index in [1.807, 2.05) is 17.5 Å². The zero-order valence-electron chi connectivity index (χ0n) is 11.2. The van der Waals surface area contributed by atoms with E-state index in [0.29, 0.717) is 0 Å². The van der Waals surface area contributed by atoms with Crippen LogP contribution in [0.5, 0.6) is 0 Å². The molecule has 3 N–H and O–H groups in total. The Morgan fingerprint density at radius 1 is 1.42 bits per heavy atom. The molecule has 0 unspecified atom stereocenters. The minimum absolute atomic E-state index is 0.180. The van der Waals surface area contributed by atoms with Gasteiger partial charge in [0, 0.05) is 0 Å². The lowest BCUT2D eigenvalue weighted by Crippen LogP contribution is -2.45. The van der Waals surface area contributed by atoms with Crippen LogP contribution >= 0.6 is 0 Å². The average Bonchev–Trinajstić information content (AvgIpc) is 2.77. The molecule has 6 heteroatoms. The normalized spacial score (nSPS) is 19.2. The largest absolute Gasteiger partial charge is 0.452 e. The highest BCUT2D eigenvalue weighted by Crippen LogP contribution is 2.21. The van der Waals surface area contributed by atoms with Gasteiger partial charge in [-0.2, -0.15) is 0 Å². The second-order valence-electron chi connectivity index (χ2n) is 4.98. The van der Waals surface area contributed by atoms with Crippen molar-refractivity contribution in [1.29, 1.82) is 0 Å². The fraction of sp³-hybridized carbons (Fsp3) is 0.615. The van der Waals surface area contributed by atoms with Gasteiger partial charge in [0.05, 0.1) is 6.42 Å². The molecule has 0 heterocycles. The number of carbonyl (C=O) groups excluding carboxylic acids is 3. The Morgan fingerprint density at radius 2 is 2.11 bits per heavy atom. The van der Waals surface area contributed by atoms with Crippen LogP contribution in [0, 0.1) is 11.8 Å². The topological polar surface area (TPSA) is 98.5 Å². The van der Waals surface area contributed by atoms with Crippen molar-refractivity contribution in [3.8, 4) is 0 Å². The molecule has 0 spiro atoms. The Kier molecular flexibility index (Phi) is 5.54. The summed E-state index contributed by atoms with van der Waals surface area (Å²) in [6.07, 6.45) is 5.16. The van der Waals surface area contributed by atoms with E-state index in [-0.39, 0.29) is 18.3 Å². The minimum atomic E-state index is -0.995. The predicted molar refractivity (Wildman–Crippen MR) is 68.9 cm³/mol. The van der Waals surface area contributed by atoms with Crippen LogP contribution in [0.2, 0.25) is 0 Å². The first kappa shape index (κ1) is 15.2. The molecule has 106 valence electrons. The fourth-order valence-electron chi connectivity index (χ4n) is 1.95. The number of esters is 1. The molecule has 0 aromatic carbocycles. The summed E-state index contributed by atoms with van der Waals surface area (Å²) in [6, 6.07) is -0.953. The first-order chi connectivity index (χ1) is 8.90. The third-order valence-corrected chi connectivity index (χ3v) is 2.91. The summed E-state index contributed by atoms with van der Waals surface area (Å²) in [6.45, 7) is 3.46. The Hall–Kier alpha value is -1.85. The second kappa shape index (κ2) is 6.92. The molecule has 1 rings (SSSR count). The van der Waals surface area contributed by atoms with Gasteiger partial charge in [-0.25, -0.2) is 4.79 Å². The van der Waals surface area contributed by atoms with Gasteiger partial charge in [-0.1, -0.05) is 26.0 Å². The smallest absolute Gasteiger partial charge is 0.318 e. The number of hydrogen-bond acceptors (Lipinski definition) is 4. The van der Waals surface area contributed by atoms with Crippen molar-refractivity contribution < 1.29 is 19.1 Å². The van der Waals surface area contributed by atoms with Crippen LogP contribution in [0.4, 0.5) is 4.79 Å². The zero-order chi connectivity index (χ0) is 14.4. The zero-order valence-corrected chi connectivity index (χ0v) is 11.2. The van der Waals surface area contributed by atoms with Crippen LogP contribution in [-0.4, -0.2) is 24.0 Å². The number of urea groups is 1. The molecule has 0 aliphatic heterocycles. The maximum absolute atomic E-state index is 11.8. The van der Waals surface area contributed by atoms with E-state index in [2.05, 4.69) is 0 Å². The van der Waals surface area contributed by atoms with Gasteiger partial charge >= 0.3 is 12.0 Å². The predicted octanol–water partition coefficient (Wildman–Crippen LogP) is 1.11. The van der Waals surface area contributed by atoms with Gasteiger partial charge in [0.2, 0.25) is 0 Å². The summed E-state index contributed by atoms with van der Waals surface area (Å²) in [5, 5.41) is 1.93. The summed E-state index contributed by atoms with van der Waals surface area (Å²) < 4.78 is 5.14. The first-order valence-electron chi connectivity index (χ1n) is 6.36. The van der Waals surface area contributed by atoms with Crippen LogP contribution < -0.4 is 11.1 Å². The number of imide groups is 1. The van der Waals surface area contributed by atoms with E-state index in [1.165, 1.54) is 0 Å². The minimum Gasteiger partial charge on any atom is -0.452 e. The Balaban J connectivity index is 2.52.